The van der Waals surface area contributed by atoms with E-state index in [4.69, 9.17) is 11.5 Å². The van der Waals surface area contributed by atoms with Crippen molar-refractivity contribution in [2.75, 3.05) is 19.6 Å². The predicted octanol–water partition coefficient (Wildman–Crippen LogP) is -1.22. The average molecular weight is 221 g/mol. The third kappa shape index (κ3) is 16.9. The summed E-state index contributed by atoms with van der Waals surface area (Å²) >= 11 is 0. The van der Waals surface area contributed by atoms with Gasteiger partial charge in [-0.3, -0.25) is 6.54 Å². The van der Waals surface area contributed by atoms with Crippen molar-refractivity contribution in [1.29, 1.82) is 0 Å². The molecule has 0 aliphatic heterocycles. The summed E-state index contributed by atoms with van der Waals surface area (Å²) in [6, 6.07) is 0. The Morgan fingerprint density at radius 1 is 0.812 bits per heavy atom. The Morgan fingerprint density at radius 3 is 2.00 bits per heavy atom. The number of hydrogen-bond acceptors (Lipinski definition) is 3. The zero-order chi connectivity index (χ0) is 11.2. The van der Waals surface area contributed by atoms with Gasteiger partial charge in [-0.25, -0.2) is 0 Å². The fraction of sp³-hybridized carbons (Fsp3) is 0.917. The Hall–Kier alpha value is 0.477. The molecular weight excluding hydrogens is 193 g/mol. The summed E-state index contributed by atoms with van der Waals surface area (Å²) in [7, 11) is 0. The molecule has 0 radical (unpaired) electrons. The maximum Gasteiger partial charge on any atom is 1.00 e. The molecule has 0 rings (SSSR count). The van der Waals surface area contributed by atoms with Crippen LogP contribution in [0.1, 0.15) is 51.4 Å². The van der Waals surface area contributed by atoms with Gasteiger partial charge in [0, 0.05) is 0 Å². The minimum absolute atomic E-state index is 0. The minimum Gasteiger partial charge on any atom is -0.483 e. The van der Waals surface area contributed by atoms with Crippen molar-refractivity contribution in [2.24, 2.45) is 11.5 Å². The Morgan fingerprint density at radius 2 is 1.38 bits per heavy atom. The van der Waals surface area contributed by atoms with Crippen LogP contribution in [0, 0.1) is 6.54 Å². The molecule has 3 nitrogen and oxygen atoms in total. The summed E-state index contributed by atoms with van der Waals surface area (Å²) in [5, 5.41) is 3.46. The third-order valence-corrected chi connectivity index (χ3v) is 2.53. The van der Waals surface area contributed by atoms with Crippen LogP contribution in [0.5, 0.6) is 0 Å². The Kier molecular flexibility index (Phi) is 21.0. The van der Waals surface area contributed by atoms with E-state index >= 15 is 0 Å². The summed E-state index contributed by atoms with van der Waals surface area (Å²) in [5.41, 5.74) is 10.7. The summed E-state index contributed by atoms with van der Waals surface area (Å²) < 4.78 is 0. The molecule has 0 amide bonds. The van der Waals surface area contributed by atoms with Crippen molar-refractivity contribution < 1.29 is 18.9 Å². The van der Waals surface area contributed by atoms with Crippen LogP contribution < -0.4 is 35.6 Å². The molecule has 0 heterocycles. The van der Waals surface area contributed by atoms with E-state index in [0.717, 1.165) is 26.1 Å². The molecule has 0 aromatic heterocycles. The molecular formula is C12H28LiN3. The van der Waals surface area contributed by atoms with Crippen LogP contribution in [0.3, 0.4) is 0 Å². The van der Waals surface area contributed by atoms with Crippen LogP contribution >= 0.6 is 0 Å². The second kappa shape index (κ2) is 17.9. The fourth-order valence-corrected chi connectivity index (χ4v) is 1.56. The van der Waals surface area contributed by atoms with Crippen molar-refractivity contribution in [1.82, 2.24) is 5.32 Å². The van der Waals surface area contributed by atoms with Crippen molar-refractivity contribution in [3.05, 3.63) is 6.54 Å². The van der Waals surface area contributed by atoms with Crippen molar-refractivity contribution in [3.8, 4) is 0 Å². The van der Waals surface area contributed by atoms with Gasteiger partial charge in [-0.15, -0.1) is 0 Å². The standard InChI is InChI=1S/C12H28N3.Li/c13-9-5-2-1-3-7-11-15-12-8-4-6-10-14;/h10,15H,1-9,11-14H2;/q-1;+1. The van der Waals surface area contributed by atoms with Gasteiger partial charge < -0.3 is 16.8 Å². The number of nitrogens with one attached hydrogen (secondary N) is 1. The quantitative estimate of drug-likeness (QED) is 0.220. The molecule has 0 aliphatic carbocycles. The van der Waals surface area contributed by atoms with Crippen molar-refractivity contribution >= 4 is 0 Å². The predicted molar refractivity (Wildman–Crippen MR) is 67.3 cm³/mol. The summed E-state index contributed by atoms with van der Waals surface area (Å²) in [4.78, 5) is 0. The Bertz CT molecular complexity index is 100. The molecule has 0 atom stereocenters. The second-order valence-electron chi connectivity index (χ2n) is 4.04. The second-order valence-corrected chi connectivity index (χ2v) is 4.04. The van der Waals surface area contributed by atoms with E-state index in [2.05, 4.69) is 5.32 Å². The minimum atomic E-state index is 0. The maximum atomic E-state index is 5.43. The molecule has 16 heavy (non-hydrogen) atoms. The summed E-state index contributed by atoms with van der Waals surface area (Å²) in [5.74, 6) is 0. The van der Waals surface area contributed by atoms with Gasteiger partial charge in [0.05, 0.1) is 0 Å². The zero-order valence-electron chi connectivity index (χ0n) is 11.0. The van der Waals surface area contributed by atoms with E-state index in [1.165, 1.54) is 44.9 Å². The molecule has 92 valence electrons. The SMILES string of the molecule is N[CH-]CCCCNCCCCCCCN.[Li+]. The zero-order valence-corrected chi connectivity index (χ0v) is 11.0. The first-order chi connectivity index (χ1) is 7.41. The van der Waals surface area contributed by atoms with Crippen LogP contribution in [0.15, 0.2) is 0 Å². The van der Waals surface area contributed by atoms with E-state index in [-0.39, 0.29) is 18.9 Å². The maximum absolute atomic E-state index is 5.43. The third-order valence-electron chi connectivity index (χ3n) is 2.53. The molecule has 0 unspecified atom stereocenters. The number of nitrogens with two attached hydrogens (primary N) is 2. The molecule has 0 saturated carbocycles. The van der Waals surface area contributed by atoms with Gasteiger partial charge in [0.1, 0.15) is 0 Å². The Balaban J connectivity index is 0. The van der Waals surface area contributed by atoms with Gasteiger partial charge >= 0.3 is 18.9 Å². The smallest absolute Gasteiger partial charge is 0.483 e. The van der Waals surface area contributed by atoms with Gasteiger partial charge in [0.15, 0.2) is 0 Å². The first kappa shape index (κ1) is 18.8. The summed E-state index contributed by atoms with van der Waals surface area (Å²) in [6.07, 6.45) is 9.94. The molecule has 0 saturated heterocycles. The first-order valence-electron chi connectivity index (χ1n) is 6.36. The van der Waals surface area contributed by atoms with Gasteiger partial charge in [-0.05, 0) is 38.9 Å². The van der Waals surface area contributed by atoms with E-state index in [1.54, 1.807) is 6.54 Å². The average Bonchev–Trinajstić information content (AvgIpc) is 2.26. The number of hydrogen-bond donors (Lipinski definition) is 3. The van der Waals surface area contributed by atoms with Crippen LogP contribution in [0.2, 0.25) is 0 Å². The Labute approximate surface area is 113 Å². The molecule has 0 aliphatic rings. The van der Waals surface area contributed by atoms with E-state index < -0.39 is 0 Å². The van der Waals surface area contributed by atoms with Crippen LogP contribution in [0.25, 0.3) is 0 Å². The van der Waals surface area contributed by atoms with Gasteiger partial charge in [-0.2, -0.15) is 6.42 Å². The van der Waals surface area contributed by atoms with Gasteiger partial charge in [0.2, 0.25) is 0 Å². The van der Waals surface area contributed by atoms with Crippen molar-refractivity contribution in [3.63, 3.8) is 0 Å². The normalized spacial score (nSPS) is 10.1. The van der Waals surface area contributed by atoms with Crippen LogP contribution in [-0.4, -0.2) is 19.6 Å². The van der Waals surface area contributed by atoms with Crippen molar-refractivity contribution in [2.45, 2.75) is 51.4 Å². The number of unbranched alkanes of at least 4 members (excludes halogenated alkanes) is 6. The first-order valence-corrected chi connectivity index (χ1v) is 6.36. The van der Waals surface area contributed by atoms with Crippen LogP contribution in [0.4, 0.5) is 0 Å². The molecule has 0 fully saturated rings. The van der Waals surface area contributed by atoms with Crippen LogP contribution in [-0.2, 0) is 0 Å². The monoisotopic (exact) mass is 221 g/mol. The van der Waals surface area contributed by atoms with E-state index in [1.807, 2.05) is 0 Å². The molecule has 0 spiro atoms. The van der Waals surface area contributed by atoms with E-state index in [9.17, 15) is 0 Å². The van der Waals surface area contributed by atoms with E-state index in [0.29, 0.717) is 0 Å². The van der Waals surface area contributed by atoms with Gasteiger partial charge in [-0.1, -0.05) is 25.7 Å². The molecule has 0 aromatic carbocycles. The molecule has 0 bridgehead atoms. The van der Waals surface area contributed by atoms with Gasteiger partial charge in [0.25, 0.3) is 0 Å². The largest absolute Gasteiger partial charge is 1.00 e. The summed E-state index contributed by atoms with van der Waals surface area (Å²) in [6.45, 7) is 4.89. The molecule has 4 heteroatoms. The molecule has 0 aromatic rings. The fourth-order valence-electron chi connectivity index (χ4n) is 1.56. The molecule has 5 N–H and O–H groups in total. The number of rotatable bonds is 12. The topological polar surface area (TPSA) is 64.1 Å².